The molecule has 2 aliphatic rings. The van der Waals surface area contributed by atoms with Crippen molar-refractivity contribution < 1.29 is 9.90 Å². The molecule has 0 saturated carbocycles. The van der Waals surface area contributed by atoms with Crippen LogP contribution in [0, 0.1) is 0 Å². The van der Waals surface area contributed by atoms with Crippen LogP contribution >= 0.6 is 0 Å². The summed E-state index contributed by atoms with van der Waals surface area (Å²) in [6.45, 7) is 3.32. The Hall–Kier alpha value is -1.54. The number of nitrogens with one attached hydrogen (secondary N) is 1. The number of nitrogens with two attached hydrogens (primary N) is 2. The van der Waals surface area contributed by atoms with Gasteiger partial charge in [0.25, 0.3) is 0 Å². The number of aliphatic hydroxyl groups excluding tert-OH is 1. The summed E-state index contributed by atoms with van der Waals surface area (Å²) >= 11 is 0. The molecule has 0 aliphatic carbocycles. The Kier molecular flexibility index (Phi) is 5.02. The molecule has 2 heterocycles. The van der Waals surface area contributed by atoms with Crippen LogP contribution in [-0.2, 0) is 4.79 Å². The molecule has 2 unspecified atom stereocenters. The van der Waals surface area contributed by atoms with E-state index in [2.05, 4.69) is 10.4 Å². The summed E-state index contributed by atoms with van der Waals surface area (Å²) < 4.78 is 0. The lowest BCUT2D eigenvalue weighted by Crippen LogP contribution is -2.49. The molecule has 6 N–H and O–H groups in total. The van der Waals surface area contributed by atoms with E-state index < -0.39 is 6.10 Å². The number of guanidine groups is 1. The third-order valence-electron chi connectivity index (χ3n) is 3.81. The Labute approximate surface area is 118 Å². The van der Waals surface area contributed by atoms with Crippen LogP contribution in [0.2, 0.25) is 0 Å². The quantitative estimate of drug-likeness (QED) is 0.344. The number of amides is 1. The van der Waals surface area contributed by atoms with Gasteiger partial charge in [0, 0.05) is 19.1 Å². The maximum absolute atomic E-state index is 12.1. The Morgan fingerprint density at radius 1 is 1.35 bits per heavy atom. The zero-order valence-corrected chi connectivity index (χ0v) is 11.7. The molecule has 2 atom stereocenters. The van der Waals surface area contributed by atoms with Crippen LogP contribution < -0.4 is 16.8 Å². The van der Waals surface area contributed by atoms with Crippen molar-refractivity contribution in [3.63, 3.8) is 0 Å². The van der Waals surface area contributed by atoms with Crippen molar-refractivity contribution in [2.24, 2.45) is 16.6 Å². The van der Waals surface area contributed by atoms with Gasteiger partial charge in [-0.3, -0.25) is 9.80 Å². The van der Waals surface area contributed by atoms with Gasteiger partial charge in [-0.05, 0) is 19.4 Å². The number of hydrazone groups is 1. The van der Waals surface area contributed by atoms with Crippen LogP contribution in [0.15, 0.2) is 5.10 Å². The molecule has 8 nitrogen and oxygen atoms in total. The van der Waals surface area contributed by atoms with Crippen LogP contribution in [0.5, 0.6) is 0 Å². The largest absolute Gasteiger partial charge is 0.391 e. The van der Waals surface area contributed by atoms with Gasteiger partial charge < -0.3 is 26.8 Å². The summed E-state index contributed by atoms with van der Waals surface area (Å²) in [5.41, 5.74) is 10.6. The maximum atomic E-state index is 12.1. The van der Waals surface area contributed by atoms with Crippen molar-refractivity contribution in [1.29, 1.82) is 0 Å². The summed E-state index contributed by atoms with van der Waals surface area (Å²) in [6.07, 6.45) is 1.58. The van der Waals surface area contributed by atoms with E-state index in [4.69, 9.17) is 11.5 Å². The molecular formula is C12H24N6O2. The molecule has 2 fully saturated rings. The molecule has 2 rings (SSSR count). The number of carbonyl (C=O) groups is 1. The van der Waals surface area contributed by atoms with Gasteiger partial charge in [0.1, 0.15) is 0 Å². The van der Waals surface area contributed by atoms with Crippen molar-refractivity contribution in [2.45, 2.75) is 31.4 Å². The highest BCUT2D eigenvalue weighted by atomic mass is 16.3. The van der Waals surface area contributed by atoms with Crippen molar-refractivity contribution in [3.8, 4) is 0 Å². The van der Waals surface area contributed by atoms with E-state index in [0.29, 0.717) is 26.2 Å². The second-order valence-electron chi connectivity index (χ2n) is 5.33. The van der Waals surface area contributed by atoms with Crippen LogP contribution in [0.3, 0.4) is 0 Å². The third-order valence-corrected chi connectivity index (χ3v) is 3.81. The molecule has 0 radical (unpaired) electrons. The SMILES string of the molecule is NC(N)=NN1CCN(C(=O)CC(O)C2CCCN2)CC1. The fraction of sp³-hybridized carbons (Fsp3) is 0.833. The fourth-order valence-corrected chi connectivity index (χ4v) is 2.70. The molecular weight excluding hydrogens is 260 g/mol. The first kappa shape index (κ1) is 14.9. The molecule has 114 valence electrons. The highest BCUT2D eigenvalue weighted by Crippen LogP contribution is 2.13. The van der Waals surface area contributed by atoms with Crippen LogP contribution in [-0.4, -0.2) is 71.8 Å². The van der Waals surface area contributed by atoms with Crippen molar-refractivity contribution >= 4 is 11.9 Å². The summed E-state index contributed by atoms with van der Waals surface area (Å²) in [7, 11) is 0. The van der Waals surface area contributed by atoms with Gasteiger partial charge >= 0.3 is 0 Å². The lowest BCUT2D eigenvalue weighted by molar-refractivity contribution is -0.135. The van der Waals surface area contributed by atoms with Crippen LogP contribution in [0.25, 0.3) is 0 Å². The van der Waals surface area contributed by atoms with E-state index in [1.807, 2.05) is 0 Å². The normalized spacial score (nSPS) is 24.6. The first-order chi connectivity index (χ1) is 9.56. The summed E-state index contributed by atoms with van der Waals surface area (Å²) in [4.78, 5) is 13.9. The van der Waals surface area contributed by atoms with Crippen molar-refractivity contribution in [1.82, 2.24) is 15.2 Å². The number of piperazine rings is 1. The van der Waals surface area contributed by atoms with Gasteiger partial charge in [0.15, 0.2) is 0 Å². The summed E-state index contributed by atoms with van der Waals surface area (Å²) in [6, 6.07) is 0.0573. The monoisotopic (exact) mass is 284 g/mol. The first-order valence-corrected chi connectivity index (χ1v) is 7.10. The summed E-state index contributed by atoms with van der Waals surface area (Å²) in [5, 5.41) is 19.0. The third kappa shape index (κ3) is 3.97. The standard InChI is InChI=1S/C12H24N6O2/c13-12(14)16-18-6-4-17(5-7-18)11(20)8-10(19)9-2-1-3-15-9/h9-10,15,19H,1-8H2,(H4,13,14,16). The maximum Gasteiger partial charge on any atom is 0.225 e. The Morgan fingerprint density at radius 2 is 2.05 bits per heavy atom. The predicted molar refractivity (Wildman–Crippen MR) is 75.6 cm³/mol. The molecule has 2 aliphatic heterocycles. The van der Waals surface area contributed by atoms with E-state index in [0.717, 1.165) is 19.4 Å². The number of rotatable bonds is 4. The van der Waals surface area contributed by atoms with E-state index in [-0.39, 0.29) is 24.3 Å². The van der Waals surface area contributed by atoms with E-state index in [9.17, 15) is 9.90 Å². The molecule has 0 aromatic rings. The fourth-order valence-electron chi connectivity index (χ4n) is 2.70. The second-order valence-corrected chi connectivity index (χ2v) is 5.33. The molecule has 20 heavy (non-hydrogen) atoms. The van der Waals surface area contributed by atoms with Gasteiger partial charge in [-0.1, -0.05) is 0 Å². The second kappa shape index (κ2) is 6.76. The number of carbonyl (C=O) groups excluding carboxylic acids is 1. The molecule has 0 aromatic carbocycles. The minimum absolute atomic E-state index is 0.00412. The van der Waals surface area contributed by atoms with Gasteiger partial charge in [0.2, 0.25) is 11.9 Å². The Morgan fingerprint density at radius 3 is 2.60 bits per heavy atom. The lowest BCUT2D eigenvalue weighted by atomic mass is 10.1. The minimum Gasteiger partial charge on any atom is -0.391 e. The number of hydrogen-bond acceptors (Lipinski definition) is 5. The summed E-state index contributed by atoms with van der Waals surface area (Å²) in [5.74, 6) is 0.0306. The molecule has 0 aromatic heterocycles. The highest BCUT2D eigenvalue weighted by Gasteiger charge is 2.28. The lowest BCUT2D eigenvalue weighted by Gasteiger charge is -2.33. The molecule has 0 spiro atoms. The van der Waals surface area contributed by atoms with Gasteiger partial charge in [-0.2, -0.15) is 0 Å². The predicted octanol–water partition coefficient (Wildman–Crippen LogP) is -2.18. The zero-order valence-electron chi connectivity index (χ0n) is 11.7. The molecule has 8 heteroatoms. The zero-order chi connectivity index (χ0) is 14.5. The first-order valence-electron chi connectivity index (χ1n) is 7.10. The van der Waals surface area contributed by atoms with E-state index in [1.54, 1.807) is 9.91 Å². The topological polar surface area (TPSA) is 120 Å². The van der Waals surface area contributed by atoms with E-state index >= 15 is 0 Å². The molecule has 2 saturated heterocycles. The van der Waals surface area contributed by atoms with E-state index in [1.165, 1.54) is 0 Å². The van der Waals surface area contributed by atoms with Crippen molar-refractivity contribution in [2.75, 3.05) is 32.7 Å². The Balaban J connectivity index is 1.75. The van der Waals surface area contributed by atoms with Gasteiger partial charge in [-0.15, -0.1) is 5.10 Å². The smallest absolute Gasteiger partial charge is 0.225 e. The average molecular weight is 284 g/mol. The molecule has 1 amide bonds. The number of hydrogen-bond donors (Lipinski definition) is 4. The van der Waals surface area contributed by atoms with Crippen molar-refractivity contribution in [3.05, 3.63) is 0 Å². The van der Waals surface area contributed by atoms with Gasteiger partial charge in [-0.25, -0.2) is 0 Å². The molecule has 0 bridgehead atoms. The Bertz CT molecular complexity index is 357. The van der Waals surface area contributed by atoms with Crippen LogP contribution in [0.1, 0.15) is 19.3 Å². The minimum atomic E-state index is -0.597. The van der Waals surface area contributed by atoms with Crippen LogP contribution in [0.4, 0.5) is 0 Å². The van der Waals surface area contributed by atoms with Gasteiger partial charge in [0.05, 0.1) is 25.6 Å². The number of nitrogens with zero attached hydrogens (tertiary/aromatic N) is 3. The average Bonchev–Trinajstić information content (AvgIpc) is 2.92. The number of aliphatic hydroxyl groups is 1. The highest BCUT2D eigenvalue weighted by molar-refractivity contribution is 5.77.